The Kier molecular flexibility index (Phi) is 3.80. The van der Waals surface area contributed by atoms with Gasteiger partial charge in [-0.1, -0.05) is 18.6 Å². The van der Waals surface area contributed by atoms with Gasteiger partial charge in [0.25, 0.3) is 0 Å². The number of hydrogen-bond acceptors (Lipinski definition) is 2. The fourth-order valence-corrected chi connectivity index (χ4v) is 2.53. The van der Waals surface area contributed by atoms with Gasteiger partial charge < -0.3 is 0 Å². The topological polar surface area (TPSA) is 34.1 Å². The van der Waals surface area contributed by atoms with E-state index < -0.39 is 9.84 Å². The summed E-state index contributed by atoms with van der Waals surface area (Å²) in [6, 6.07) is 0. The van der Waals surface area contributed by atoms with Crippen molar-refractivity contribution in [2.45, 2.75) is 31.6 Å². The molecule has 1 atom stereocenters. The van der Waals surface area contributed by atoms with Crippen LogP contribution in [-0.2, 0) is 9.84 Å². The molecule has 2 nitrogen and oxygen atoms in total. The standard InChI is InChI=1S/C9H15ClO2S/c1-2-13(11,12)6-5-8-3-4-9(10)7-8/h7,9H,2-6H2,1H3. The monoisotopic (exact) mass is 222 g/mol. The Morgan fingerprint density at radius 1 is 1.62 bits per heavy atom. The van der Waals surface area contributed by atoms with Crippen LogP contribution in [0, 0.1) is 0 Å². The maximum Gasteiger partial charge on any atom is 0.150 e. The van der Waals surface area contributed by atoms with Crippen molar-refractivity contribution in [1.29, 1.82) is 0 Å². The van der Waals surface area contributed by atoms with Crippen LogP contribution in [0.4, 0.5) is 0 Å². The Labute approximate surface area is 84.9 Å². The van der Waals surface area contributed by atoms with Crippen LogP contribution in [0.25, 0.3) is 0 Å². The van der Waals surface area contributed by atoms with Crippen molar-refractivity contribution in [2.75, 3.05) is 11.5 Å². The highest BCUT2D eigenvalue weighted by Crippen LogP contribution is 2.25. The second-order valence-electron chi connectivity index (χ2n) is 3.37. The van der Waals surface area contributed by atoms with Crippen LogP contribution in [0.2, 0.25) is 0 Å². The van der Waals surface area contributed by atoms with Gasteiger partial charge in [0.15, 0.2) is 0 Å². The second kappa shape index (κ2) is 4.47. The molecule has 0 aromatic carbocycles. The predicted octanol–water partition coefficient (Wildman–Crippen LogP) is 2.14. The largest absolute Gasteiger partial charge is 0.229 e. The second-order valence-corrected chi connectivity index (χ2v) is 6.40. The smallest absolute Gasteiger partial charge is 0.150 e. The molecule has 1 aliphatic rings. The molecule has 0 radical (unpaired) electrons. The zero-order valence-corrected chi connectivity index (χ0v) is 9.37. The fourth-order valence-electron chi connectivity index (χ4n) is 1.38. The van der Waals surface area contributed by atoms with E-state index in [1.165, 1.54) is 5.57 Å². The lowest BCUT2D eigenvalue weighted by Gasteiger charge is -2.01. The molecule has 1 rings (SSSR count). The molecule has 0 bridgehead atoms. The lowest BCUT2D eigenvalue weighted by atomic mass is 10.2. The lowest BCUT2D eigenvalue weighted by molar-refractivity contribution is 0.596. The minimum Gasteiger partial charge on any atom is -0.229 e. The number of allylic oxidation sites excluding steroid dienone is 2. The van der Waals surface area contributed by atoms with E-state index in [1.54, 1.807) is 6.92 Å². The van der Waals surface area contributed by atoms with Crippen LogP contribution in [0.15, 0.2) is 11.6 Å². The van der Waals surface area contributed by atoms with E-state index in [1.807, 2.05) is 6.08 Å². The molecule has 0 heterocycles. The van der Waals surface area contributed by atoms with Crippen molar-refractivity contribution in [3.8, 4) is 0 Å². The van der Waals surface area contributed by atoms with Crippen LogP contribution >= 0.6 is 11.6 Å². The first-order valence-corrected chi connectivity index (χ1v) is 6.83. The molecule has 1 unspecified atom stereocenters. The average molecular weight is 223 g/mol. The molecule has 0 aromatic rings. The highest BCUT2D eigenvalue weighted by Gasteiger charge is 2.15. The number of hydrogen-bond donors (Lipinski definition) is 0. The minimum atomic E-state index is -2.81. The minimum absolute atomic E-state index is 0.124. The third-order valence-electron chi connectivity index (χ3n) is 2.33. The molecule has 0 aliphatic heterocycles. The van der Waals surface area contributed by atoms with E-state index in [9.17, 15) is 8.42 Å². The van der Waals surface area contributed by atoms with Crippen molar-refractivity contribution in [3.63, 3.8) is 0 Å². The van der Waals surface area contributed by atoms with Crippen molar-refractivity contribution in [3.05, 3.63) is 11.6 Å². The van der Waals surface area contributed by atoms with Gasteiger partial charge in [-0.25, -0.2) is 8.42 Å². The average Bonchev–Trinajstić information content (AvgIpc) is 2.48. The quantitative estimate of drug-likeness (QED) is 0.540. The van der Waals surface area contributed by atoms with Crippen molar-refractivity contribution in [1.82, 2.24) is 0 Å². The van der Waals surface area contributed by atoms with Gasteiger partial charge in [0, 0.05) is 5.75 Å². The summed E-state index contributed by atoms with van der Waals surface area (Å²) >= 11 is 5.86. The van der Waals surface area contributed by atoms with Crippen LogP contribution < -0.4 is 0 Å². The number of rotatable bonds is 4. The maximum atomic E-state index is 11.2. The van der Waals surface area contributed by atoms with Crippen LogP contribution in [-0.4, -0.2) is 25.3 Å². The van der Waals surface area contributed by atoms with Gasteiger partial charge in [-0.15, -0.1) is 11.6 Å². The Bertz CT molecular complexity index is 293. The third-order valence-corrected chi connectivity index (χ3v) is 4.38. The van der Waals surface area contributed by atoms with E-state index in [-0.39, 0.29) is 16.9 Å². The van der Waals surface area contributed by atoms with E-state index in [0.29, 0.717) is 6.42 Å². The summed E-state index contributed by atoms with van der Waals surface area (Å²) in [6.45, 7) is 1.68. The summed E-state index contributed by atoms with van der Waals surface area (Å²) in [5.74, 6) is 0.517. The van der Waals surface area contributed by atoms with Crippen molar-refractivity contribution >= 4 is 21.4 Å². The van der Waals surface area contributed by atoms with Crippen LogP contribution in [0.5, 0.6) is 0 Å². The molecule has 0 saturated carbocycles. The zero-order valence-electron chi connectivity index (χ0n) is 7.79. The Morgan fingerprint density at radius 2 is 2.31 bits per heavy atom. The molecule has 13 heavy (non-hydrogen) atoms. The predicted molar refractivity (Wildman–Crippen MR) is 55.9 cm³/mol. The fraction of sp³-hybridized carbons (Fsp3) is 0.778. The van der Waals surface area contributed by atoms with E-state index in [4.69, 9.17) is 11.6 Å². The van der Waals surface area contributed by atoms with E-state index in [2.05, 4.69) is 0 Å². The number of halogens is 1. The highest BCUT2D eigenvalue weighted by atomic mass is 35.5. The first-order chi connectivity index (χ1) is 6.03. The molecular weight excluding hydrogens is 208 g/mol. The third kappa shape index (κ3) is 3.69. The molecule has 76 valence electrons. The molecule has 0 spiro atoms. The Morgan fingerprint density at radius 3 is 2.77 bits per heavy atom. The maximum absolute atomic E-state index is 11.2. The summed E-state index contributed by atoms with van der Waals surface area (Å²) in [7, 11) is -2.81. The number of sulfone groups is 1. The van der Waals surface area contributed by atoms with E-state index >= 15 is 0 Å². The van der Waals surface area contributed by atoms with Gasteiger partial charge >= 0.3 is 0 Å². The summed E-state index contributed by atoms with van der Waals surface area (Å²) in [6.07, 6.45) is 4.59. The van der Waals surface area contributed by atoms with Gasteiger partial charge in [0.2, 0.25) is 0 Å². The van der Waals surface area contributed by atoms with Crippen LogP contribution in [0.1, 0.15) is 26.2 Å². The first-order valence-electron chi connectivity index (χ1n) is 4.57. The van der Waals surface area contributed by atoms with E-state index in [0.717, 1.165) is 12.8 Å². The van der Waals surface area contributed by atoms with Crippen molar-refractivity contribution < 1.29 is 8.42 Å². The molecule has 0 fully saturated rings. The Balaban J connectivity index is 2.40. The highest BCUT2D eigenvalue weighted by molar-refractivity contribution is 7.91. The van der Waals surface area contributed by atoms with Gasteiger partial charge in [-0.3, -0.25) is 0 Å². The van der Waals surface area contributed by atoms with Crippen molar-refractivity contribution in [2.24, 2.45) is 0 Å². The SMILES string of the molecule is CCS(=O)(=O)CCC1=CC(Cl)CC1. The summed E-state index contributed by atoms with van der Waals surface area (Å²) in [5, 5.41) is 0.124. The molecule has 4 heteroatoms. The van der Waals surface area contributed by atoms with Gasteiger partial charge in [-0.2, -0.15) is 0 Å². The first kappa shape index (κ1) is 11.1. The molecule has 1 aliphatic carbocycles. The zero-order chi connectivity index (χ0) is 9.90. The lowest BCUT2D eigenvalue weighted by Crippen LogP contribution is -2.08. The van der Waals surface area contributed by atoms with Gasteiger partial charge in [0.05, 0.1) is 11.1 Å². The molecular formula is C9H15ClO2S. The summed E-state index contributed by atoms with van der Waals surface area (Å²) in [4.78, 5) is 0. The molecule has 0 amide bonds. The normalized spacial score (nSPS) is 23.2. The van der Waals surface area contributed by atoms with Crippen LogP contribution in [0.3, 0.4) is 0 Å². The summed E-state index contributed by atoms with van der Waals surface area (Å²) in [5.41, 5.74) is 1.21. The molecule has 0 N–H and O–H groups in total. The number of alkyl halides is 1. The van der Waals surface area contributed by atoms with Gasteiger partial charge in [0.1, 0.15) is 9.84 Å². The molecule has 0 aromatic heterocycles. The Hall–Kier alpha value is -0.0200. The summed E-state index contributed by atoms with van der Waals surface area (Å²) < 4.78 is 22.4. The van der Waals surface area contributed by atoms with Gasteiger partial charge in [-0.05, 0) is 19.3 Å². The molecule has 0 saturated heterocycles.